The Kier molecular flexibility index (Phi) is 7.57. The molecule has 194 valence electrons. The number of aromatic nitrogens is 1. The number of pyridine rings is 1. The van der Waals surface area contributed by atoms with E-state index in [1.807, 2.05) is 4.90 Å². The van der Waals surface area contributed by atoms with Gasteiger partial charge in [0.15, 0.2) is 0 Å². The Morgan fingerprint density at radius 3 is 2.09 bits per heavy atom. The Labute approximate surface area is 193 Å². The van der Waals surface area contributed by atoms with Crippen molar-refractivity contribution < 1.29 is 44.3 Å². The molecule has 0 saturated carbocycles. The van der Waals surface area contributed by atoms with Gasteiger partial charge in [-0.25, -0.2) is 4.98 Å². The second-order valence-electron chi connectivity index (χ2n) is 8.00. The van der Waals surface area contributed by atoms with Crippen LogP contribution in [0.3, 0.4) is 0 Å². The van der Waals surface area contributed by atoms with Gasteiger partial charge in [-0.1, -0.05) is 0 Å². The van der Waals surface area contributed by atoms with Crippen molar-refractivity contribution in [3.63, 3.8) is 0 Å². The maximum absolute atomic E-state index is 13.7. The smallest absolute Gasteiger partial charge is 0.353 e. The molecule has 1 saturated heterocycles. The molecular formula is C20H20F9N5O. The first-order chi connectivity index (χ1) is 16.1. The number of anilines is 2. The van der Waals surface area contributed by atoms with Gasteiger partial charge in [0.25, 0.3) is 5.91 Å². The zero-order valence-corrected chi connectivity index (χ0v) is 17.9. The molecule has 3 rings (SSSR count). The monoisotopic (exact) mass is 517 g/mol. The van der Waals surface area contributed by atoms with Crippen LogP contribution in [0.15, 0.2) is 24.3 Å². The number of benzene rings is 1. The highest BCUT2D eigenvalue weighted by atomic mass is 19.4. The molecule has 1 amide bonds. The summed E-state index contributed by atoms with van der Waals surface area (Å²) in [6.45, 7) is -2.60. The van der Waals surface area contributed by atoms with Gasteiger partial charge in [0.1, 0.15) is 18.9 Å². The molecule has 1 fully saturated rings. The van der Waals surface area contributed by atoms with Crippen LogP contribution in [0.2, 0.25) is 0 Å². The second-order valence-corrected chi connectivity index (χ2v) is 8.00. The fourth-order valence-electron chi connectivity index (χ4n) is 3.70. The van der Waals surface area contributed by atoms with E-state index < -0.39 is 60.0 Å². The molecule has 2 heterocycles. The first-order valence-electron chi connectivity index (χ1n) is 10.3. The van der Waals surface area contributed by atoms with E-state index in [1.54, 1.807) is 0 Å². The van der Waals surface area contributed by atoms with Crippen LogP contribution in [0.1, 0.15) is 18.4 Å². The number of nitrogens with zero attached hydrogens (tertiary/aromatic N) is 3. The van der Waals surface area contributed by atoms with Gasteiger partial charge in [-0.15, -0.1) is 0 Å². The Balaban J connectivity index is 1.91. The summed E-state index contributed by atoms with van der Waals surface area (Å²) < 4.78 is 118. The third kappa shape index (κ3) is 7.77. The molecule has 1 aliphatic heterocycles. The highest BCUT2D eigenvalue weighted by Gasteiger charge is 2.38. The second kappa shape index (κ2) is 9.95. The minimum absolute atomic E-state index is 0.0182. The lowest BCUT2D eigenvalue weighted by Gasteiger charge is -2.27. The molecule has 35 heavy (non-hydrogen) atoms. The summed E-state index contributed by atoms with van der Waals surface area (Å²) in [5, 5.41) is -0.696. The summed E-state index contributed by atoms with van der Waals surface area (Å²) in [6, 6.07) is 2.80. The van der Waals surface area contributed by atoms with Gasteiger partial charge in [-0.2, -0.15) is 39.5 Å². The lowest BCUT2D eigenvalue weighted by molar-refractivity contribution is -0.138. The van der Waals surface area contributed by atoms with Crippen molar-refractivity contribution in [1.82, 2.24) is 15.3 Å². The first-order valence-corrected chi connectivity index (χ1v) is 10.3. The predicted molar refractivity (Wildman–Crippen MR) is 109 cm³/mol. The van der Waals surface area contributed by atoms with Gasteiger partial charge in [-0.05, 0) is 50.2 Å². The largest absolute Gasteiger partial charge is 0.417 e. The minimum Gasteiger partial charge on any atom is -0.353 e. The molecule has 0 bridgehead atoms. The summed E-state index contributed by atoms with van der Waals surface area (Å²) >= 11 is 0. The molecule has 0 unspecified atom stereocenters. The standard InChI is InChI=1S/C20H20F9N5O/c21-18(22,23)10-34(11-19(24,25)26)12-3-4-15-13(7-12)14(20(27,28)29)8-16(30-15)31-32-17(35)9-33-5-1-2-6-33/h3-4,7-8H,1-2,5-6,9-11H2,(H,30,31)(H,32,35). The zero-order valence-electron chi connectivity index (χ0n) is 17.9. The van der Waals surface area contributed by atoms with Crippen LogP contribution in [0.4, 0.5) is 51.0 Å². The number of amides is 1. The van der Waals surface area contributed by atoms with E-state index in [0.717, 1.165) is 25.0 Å². The number of alkyl halides is 9. The molecule has 15 heteroatoms. The van der Waals surface area contributed by atoms with E-state index in [0.29, 0.717) is 25.2 Å². The van der Waals surface area contributed by atoms with Crippen LogP contribution in [0, 0.1) is 0 Å². The van der Waals surface area contributed by atoms with Crippen LogP contribution in [0.25, 0.3) is 10.9 Å². The topological polar surface area (TPSA) is 60.5 Å². The fraction of sp³-hybridized carbons (Fsp3) is 0.500. The van der Waals surface area contributed by atoms with Crippen LogP contribution in [-0.2, 0) is 11.0 Å². The molecular weight excluding hydrogens is 497 g/mol. The predicted octanol–water partition coefficient (Wildman–Crippen LogP) is 4.72. The van der Waals surface area contributed by atoms with Gasteiger partial charge >= 0.3 is 18.5 Å². The highest BCUT2D eigenvalue weighted by Crippen LogP contribution is 2.38. The number of hydrogen-bond acceptors (Lipinski definition) is 5. The molecule has 0 aliphatic carbocycles. The number of carbonyl (C=O) groups excluding carboxylic acids is 1. The third-order valence-corrected chi connectivity index (χ3v) is 5.10. The number of hydrogen-bond donors (Lipinski definition) is 2. The number of halogens is 9. The maximum atomic E-state index is 13.7. The third-order valence-electron chi connectivity index (χ3n) is 5.10. The molecule has 0 radical (unpaired) electrons. The Morgan fingerprint density at radius 2 is 1.54 bits per heavy atom. The lowest BCUT2D eigenvalue weighted by atomic mass is 10.1. The Morgan fingerprint density at radius 1 is 0.943 bits per heavy atom. The number of rotatable bonds is 7. The normalized spacial score (nSPS) is 15.5. The van der Waals surface area contributed by atoms with Gasteiger partial charge < -0.3 is 4.90 Å². The van der Waals surface area contributed by atoms with Gasteiger partial charge in [-0.3, -0.25) is 20.5 Å². The van der Waals surface area contributed by atoms with Crippen molar-refractivity contribution in [2.24, 2.45) is 0 Å². The highest BCUT2D eigenvalue weighted by molar-refractivity contribution is 5.88. The van der Waals surface area contributed by atoms with Crippen LogP contribution >= 0.6 is 0 Å². The zero-order chi connectivity index (χ0) is 26.0. The summed E-state index contributed by atoms with van der Waals surface area (Å²) in [5.41, 5.74) is 2.10. The van der Waals surface area contributed by atoms with Crippen LogP contribution in [-0.4, -0.2) is 60.9 Å². The molecule has 1 aromatic heterocycles. The van der Waals surface area contributed by atoms with E-state index in [2.05, 4.69) is 15.8 Å². The van der Waals surface area contributed by atoms with E-state index in [1.165, 1.54) is 0 Å². The van der Waals surface area contributed by atoms with Crippen molar-refractivity contribution in [3.8, 4) is 0 Å². The minimum atomic E-state index is -5.04. The van der Waals surface area contributed by atoms with E-state index in [-0.39, 0.29) is 17.0 Å². The van der Waals surface area contributed by atoms with Crippen molar-refractivity contribution in [1.29, 1.82) is 0 Å². The molecule has 0 atom stereocenters. The van der Waals surface area contributed by atoms with Gasteiger partial charge in [0.2, 0.25) is 0 Å². The van der Waals surface area contributed by atoms with Crippen molar-refractivity contribution >= 4 is 28.3 Å². The maximum Gasteiger partial charge on any atom is 0.417 e. The average Bonchev–Trinajstić information content (AvgIpc) is 3.21. The number of fused-ring (bicyclic) bond motifs is 1. The molecule has 0 spiro atoms. The SMILES string of the molecule is O=C(CN1CCCC1)NNc1cc(C(F)(F)F)c2cc(N(CC(F)(F)F)CC(F)(F)F)ccc2n1. The summed E-state index contributed by atoms with van der Waals surface area (Å²) in [6.07, 6.45) is -13.2. The summed E-state index contributed by atoms with van der Waals surface area (Å²) in [5.74, 6) is -0.928. The van der Waals surface area contributed by atoms with Crippen molar-refractivity contribution in [2.75, 3.05) is 43.0 Å². The average molecular weight is 517 g/mol. The van der Waals surface area contributed by atoms with Crippen LogP contribution < -0.4 is 15.8 Å². The molecule has 1 aliphatic rings. The Bertz CT molecular complexity index is 1030. The molecule has 1 aromatic carbocycles. The van der Waals surface area contributed by atoms with Gasteiger partial charge in [0, 0.05) is 11.1 Å². The fourth-order valence-corrected chi connectivity index (χ4v) is 3.70. The molecule has 2 aromatic rings. The number of carbonyl (C=O) groups is 1. The summed E-state index contributed by atoms with van der Waals surface area (Å²) in [7, 11) is 0. The quantitative estimate of drug-likeness (QED) is 0.411. The van der Waals surface area contributed by atoms with Crippen molar-refractivity contribution in [2.45, 2.75) is 31.4 Å². The molecule has 6 nitrogen and oxygen atoms in total. The number of hydrazine groups is 1. The van der Waals surface area contributed by atoms with Crippen LogP contribution in [0.5, 0.6) is 0 Å². The Hall–Kier alpha value is -2.97. The van der Waals surface area contributed by atoms with E-state index in [9.17, 15) is 44.3 Å². The van der Waals surface area contributed by atoms with Crippen molar-refractivity contribution in [3.05, 3.63) is 29.8 Å². The van der Waals surface area contributed by atoms with E-state index in [4.69, 9.17) is 0 Å². The first kappa shape index (κ1) is 26.6. The number of likely N-dealkylation sites (tertiary alicyclic amines) is 1. The lowest BCUT2D eigenvalue weighted by Crippen LogP contribution is -2.40. The van der Waals surface area contributed by atoms with E-state index >= 15 is 0 Å². The number of nitrogens with one attached hydrogen (secondary N) is 2. The summed E-state index contributed by atoms with van der Waals surface area (Å²) in [4.78, 5) is 17.7. The van der Waals surface area contributed by atoms with Gasteiger partial charge in [0.05, 0.1) is 17.6 Å². The molecule has 2 N–H and O–H groups in total.